The van der Waals surface area contributed by atoms with Crippen molar-refractivity contribution < 1.29 is 54.3 Å². The average Bonchev–Trinajstić information content (AvgIpc) is 2.60. The number of nitrogens with one attached hydrogen (secondary N) is 1. The predicted molar refractivity (Wildman–Crippen MR) is 98.8 cm³/mol. The van der Waals surface area contributed by atoms with E-state index in [1.54, 1.807) is 5.43 Å². The first-order valence-corrected chi connectivity index (χ1v) is 8.63. The van der Waals surface area contributed by atoms with Gasteiger partial charge in [-0.05, 0) is 0 Å². The van der Waals surface area contributed by atoms with Crippen LogP contribution in [0.2, 0.25) is 0 Å². The molecule has 0 aliphatic heterocycles. The molecule has 0 saturated carbocycles. The molecule has 0 spiro atoms. The number of hydrogen-bond acceptors (Lipinski definition) is 10. The van der Waals surface area contributed by atoms with Crippen molar-refractivity contribution in [2.45, 2.75) is 6.04 Å². The fraction of sp³-hybridized carbons (Fsp3) is 0.600. The molecule has 0 saturated heterocycles. The maximum atomic E-state index is 12.2. The highest BCUT2D eigenvalue weighted by Crippen LogP contribution is 2.05. The van der Waals surface area contributed by atoms with Crippen molar-refractivity contribution in [3.63, 3.8) is 0 Å². The summed E-state index contributed by atoms with van der Waals surface area (Å²) < 4.78 is 0. The number of aliphatic carboxylic acids is 5. The minimum Gasteiger partial charge on any atom is -0.480 e. The molecule has 0 heterocycles. The summed E-state index contributed by atoms with van der Waals surface area (Å²) in [6, 6.07) is -1.48. The Bertz CT molecular complexity index is 654. The Labute approximate surface area is 175 Å². The molecule has 16 heteroatoms. The fourth-order valence-corrected chi connectivity index (χ4v) is 2.63. The van der Waals surface area contributed by atoms with Gasteiger partial charge in [-0.2, -0.15) is 0 Å². The van der Waals surface area contributed by atoms with Crippen LogP contribution in [0, 0.1) is 0 Å². The Morgan fingerprint density at radius 2 is 1.00 bits per heavy atom. The van der Waals surface area contributed by atoms with Crippen LogP contribution >= 0.6 is 0 Å². The molecule has 16 nitrogen and oxygen atoms in total. The zero-order valence-corrected chi connectivity index (χ0v) is 16.3. The standard InChI is InChI=1S/C15H25N5O11/c16-17-15(31)9(20(7-13(27)28)8-14(29)30)3-18(4-10(21)22)1-2-19(5-11(23)24)6-12(25)26/h9H,1-8,16H2,(H,17,31)(H,21,22)(H,23,24)(H,25,26)(H,27,28)(H,29,30)/t9-/m0/s1. The van der Waals surface area contributed by atoms with E-state index in [0.717, 1.165) is 14.7 Å². The Kier molecular flexibility index (Phi) is 12.3. The van der Waals surface area contributed by atoms with Crippen LogP contribution < -0.4 is 11.3 Å². The molecule has 176 valence electrons. The van der Waals surface area contributed by atoms with Crippen molar-refractivity contribution in [2.24, 2.45) is 5.84 Å². The van der Waals surface area contributed by atoms with Gasteiger partial charge in [-0.3, -0.25) is 48.9 Å². The lowest BCUT2D eigenvalue weighted by molar-refractivity contribution is -0.146. The molecule has 0 unspecified atom stereocenters. The number of hydrazine groups is 1. The topological polar surface area (TPSA) is 251 Å². The van der Waals surface area contributed by atoms with E-state index < -0.39 is 81.1 Å². The van der Waals surface area contributed by atoms with Gasteiger partial charge in [-0.25, -0.2) is 5.84 Å². The number of carbonyl (C=O) groups is 6. The summed E-state index contributed by atoms with van der Waals surface area (Å²) >= 11 is 0. The first-order chi connectivity index (χ1) is 14.3. The lowest BCUT2D eigenvalue weighted by atomic mass is 10.2. The van der Waals surface area contributed by atoms with Crippen molar-refractivity contribution >= 4 is 35.8 Å². The number of rotatable bonds is 17. The zero-order valence-electron chi connectivity index (χ0n) is 16.3. The van der Waals surface area contributed by atoms with E-state index in [9.17, 15) is 28.8 Å². The van der Waals surface area contributed by atoms with Gasteiger partial charge in [0, 0.05) is 19.6 Å². The summed E-state index contributed by atoms with van der Waals surface area (Å²) in [5.74, 6) is -2.78. The third-order valence-electron chi connectivity index (χ3n) is 3.80. The number of carboxylic acid groups (broad SMARTS) is 5. The number of nitrogens with two attached hydrogens (primary N) is 1. The summed E-state index contributed by atoms with van der Waals surface area (Å²) in [7, 11) is 0. The van der Waals surface area contributed by atoms with Gasteiger partial charge in [0.05, 0.1) is 32.7 Å². The number of amides is 1. The predicted octanol–water partition coefficient (Wildman–Crippen LogP) is -4.33. The second kappa shape index (κ2) is 13.8. The third kappa shape index (κ3) is 12.7. The maximum absolute atomic E-state index is 12.2. The van der Waals surface area contributed by atoms with E-state index in [1.165, 1.54) is 0 Å². The van der Waals surface area contributed by atoms with Gasteiger partial charge in [0.15, 0.2) is 0 Å². The molecule has 0 aliphatic rings. The molecule has 0 aromatic carbocycles. The van der Waals surface area contributed by atoms with E-state index in [-0.39, 0.29) is 13.1 Å². The Balaban J connectivity index is 5.61. The highest BCUT2D eigenvalue weighted by atomic mass is 16.4. The van der Waals surface area contributed by atoms with Gasteiger partial charge >= 0.3 is 29.8 Å². The van der Waals surface area contributed by atoms with Crippen LogP contribution in [0.1, 0.15) is 0 Å². The molecule has 0 aliphatic carbocycles. The number of hydrogen-bond donors (Lipinski definition) is 7. The van der Waals surface area contributed by atoms with E-state index in [4.69, 9.17) is 31.4 Å². The Hall–Kier alpha value is -3.34. The molecule has 0 radical (unpaired) electrons. The number of carboxylic acids is 5. The van der Waals surface area contributed by atoms with Crippen LogP contribution in [0.15, 0.2) is 0 Å². The highest BCUT2D eigenvalue weighted by molar-refractivity contribution is 5.83. The minimum atomic E-state index is -1.48. The van der Waals surface area contributed by atoms with Crippen molar-refractivity contribution in [1.29, 1.82) is 0 Å². The van der Waals surface area contributed by atoms with Crippen molar-refractivity contribution in [3.8, 4) is 0 Å². The lowest BCUT2D eigenvalue weighted by Crippen LogP contribution is -2.57. The SMILES string of the molecule is NNC(=O)[C@H](CN(CCN(CC(=O)O)CC(=O)O)CC(=O)O)N(CC(=O)O)CC(=O)O. The van der Waals surface area contributed by atoms with E-state index in [1.807, 2.05) is 0 Å². The molecule has 0 bridgehead atoms. The summed E-state index contributed by atoms with van der Waals surface area (Å²) in [6.07, 6.45) is 0. The molecular weight excluding hydrogens is 426 g/mol. The van der Waals surface area contributed by atoms with Crippen LogP contribution in [0.5, 0.6) is 0 Å². The first kappa shape index (κ1) is 27.7. The van der Waals surface area contributed by atoms with E-state index >= 15 is 0 Å². The van der Waals surface area contributed by atoms with Gasteiger partial charge in [0.2, 0.25) is 0 Å². The molecule has 1 atom stereocenters. The molecule has 0 aromatic heterocycles. The minimum absolute atomic E-state index is 0.222. The molecule has 31 heavy (non-hydrogen) atoms. The van der Waals surface area contributed by atoms with Gasteiger partial charge in [-0.1, -0.05) is 0 Å². The van der Waals surface area contributed by atoms with Crippen LogP contribution in [0.3, 0.4) is 0 Å². The smallest absolute Gasteiger partial charge is 0.317 e. The lowest BCUT2D eigenvalue weighted by Gasteiger charge is -2.32. The van der Waals surface area contributed by atoms with E-state index in [2.05, 4.69) is 0 Å². The zero-order chi connectivity index (χ0) is 24.1. The Morgan fingerprint density at radius 3 is 1.35 bits per heavy atom. The molecule has 0 fully saturated rings. The summed E-state index contributed by atoms with van der Waals surface area (Å²) in [4.78, 5) is 70.1. The third-order valence-corrected chi connectivity index (χ3v) is 3.80. The maximum Gasteiger partial charge on any atom is 0.317 e. The number of nitrogens with zero attached hydrogens (tertiary/aromatic N) is 3. The molecular formula is C15H25N5O11. The summed E-state index contributed by atoms with van der Waals surface area (Å²) in [5, 5.41) is 44.9. The molecule has 8 N–H and O–H groups in total. The van der Waals surface area contributed by atoms with Crippen LogP contribution in [0.4, 0.5) is 0 Å². The second-order valence-electron chi connectivity index (χ2n) is 6.34. The van der Waals surface area contributed by atoms with Gasteiger partial charge in [-0.15, -0.1) is 0 Å². The van der Waals surface area contributed by atoms with Gasteiger partial charge < -0.3 is 25.5 Å². The van der Waals surface area contributed by atoms with Crippen molar-refractivity contribution in [1.82, 2.24) is 20.1 Å². The molecule has 0 rings (SSSR count). The summed E-state index contributed by atoms with van der Waals surface area (Å²) in [5.41, 5.74) is 1.76. The van der Waals surface area contributed by atoms with Crippen LogP contribution in [0.25, 0.3) is 0 Å². The van der Waals surface area contributed by atoms with Gasteiger partial charge in [0.25, 0.3) is 5.91 Å². The van der Waals surface area contributed by atoms with Crippen molar-refractivity contribution in [3.05, 3.63) is 0 Å². The fourth-order valence-electron chi connectivity index (χ4n) is 2.63. The monoisotopic (exact) mass is 451 g/mol. The average molecular weight is 451 g/mol. The normalized spacial score (nSPS) is 12.0. The Morgan fingerprint density at radius 1 is 0.645 bits per heavy atom. The van der Waals surface area contributed by atoms with Gasteiger partial charge in [0.1, 0.15) is 6.04 Å². The van der Waals surface area contributed by atoms with E-state index in [0.29, 0.717) is 0 Å². The first-order valence-electron chi connectivity index (χ1n) is 8.63. The van der Waals surface area contributed by atoms with Crippen LogP contribution in [-0.2, 0) is 28.8 Å². The molecule has 1 amide bonds. The number of carbonyl (C=O) groups excluding carboxylic acids is 1. The highest BCUT2D eigenvalue weighted by Gasteiger charge is 2.31. The largest absolute Gasteiger partial charge is 0.480 e. The second-order valence-corrected chi connectivity index (χ2v) is 6.34. The van der Waals surface area contributed by atoms with Crippen molar-refractivity contribution in [2.75, 3.05) is 52.4 Å². The van der Waals surface area contributed by atoms with Crippen LogP contribution in [-0.4, -0.2) is 134 Å². The quantitative estimate of drug-likeness (QED) is 0.0627. The molecule has 0 aromatic rings. The summed E-state index contributed by atoms with van der Waals surface area (Å²) in [6.45, 7) is -4.64.